The lowest BCUT2D eigenvalue weighted by atomic mass is 9.90. The Morgan fingerprint density at radius 1 is 1.32 bits per heavy atom. The maximum atomic E-state index is 12.0. The van der Waals surface area contributed by atoms with Crippen LogP contribution < -0.4 is 5.32 Å². The van der Waals surface area contributed by atoms with Gasteiger partial charge in [-0.15, -0.1) is 0 Å². The molecule has 1 rings (SSSR count). The molecule has 0 heterocycles. The lowest BCUT2D eigenvalue weighted by molar-refractivity contribution is -0.139. The topological polar surface area (TPSA) is 41.6 Å². The van der Waals surface area contributed by atoms with E-state index in [1.54, 1.807) is 0 Å². The number of rotatable bonds is 7. The van der Waals surface area contributed by atoms with Gasteiger partial charge in [0.2, 0.25) is 5.91 Å². The van der Waals surface area contributed by atoms with Crippen molar-refractivity contribution in [1.29, 1.82) is 0 Å². The molecule has 4 heteroatoms. The van der Waals surface area contributed by atoms with Crippen LogP contribution in [0.25, 0.3) is 0 Å². The van der Waals surface area contributed by atoms with Gasteiger partial charge >= 0.3 is 0 Å². The van der Waals surface area contributed by atoms with Crippen LogP contribution in [-0.2, 0) is 9.53 Å². The SMILES string of the molecule is CCCNC1CCC(N(C)C(=O)COC(C)C)CC1. The van der Waals surface area contributed by atoms with E-state index in [1.807, 2.05) is 25.8 Å². The largest absolute Gasteiger partial charge is 0.369 e. The molecule has 112 valence electrons. The molecule has 0 spiro atoms. The first kappa shape index (κ1) is 16.4. The molecule has 1 aliphatic carbocycles. The zero-order valence-electron chi connectivity index (χ0n) is 12.9. The smallest absolute Gasteiger partial charge is 0.248 e. The summed E-state index contributed by atoms with van der Waals surface area (Å²) in [6.45, 7) is 7.42. The summed E-state index contributed by atoms with van der Waals surface area (Å²) in [4.78, 5) is 13.9. The normalized spacial score (nSPS) is 23.6. The number of hydrogen-bond donors (Lipinski definition) is 1. The highest BCUT2D eigenvalue weighted by Crippen LogP contribution is 2.22. The number of ether oxygens (including phenoxy) is 1. The van der Waals surface area contributed by atoms with E-state index in [-0.39, 0.29) is 18.6 Å². The maximum Gasteiger partial charge on any atom is 0.248 e. The van der Waals surface area contributed by atoms with Gasteiger partial charge in [0, 0.05) is 19.1 Å². The quantitative estimate of drug-likeness (QED) is 0.771. The highest BCUT2D eigenvalue weighted by molar-refractivity contribution is 5.77. The van der Waals surface area contributed by atoms with Crippen LogP contribution >= 0.6 is 0 Å². The zero-order chi connectivity index (χ0) is 14.3. The molecule has 0 unspecified atom stereocenters. The fraction of sp³-hybridized carbons (Fsp3) is 0.933. The molecular formula is C15H30N2O2. The molecule has 0 aromatic rings. The molecule has 1 amide bonds. The Morgan fingerprint density at radius 2 is 1.95 bits per heavy atom. The van der Waals surface area contributed by atoms with Crippen LogP contribution in [-0.4, -0.2) is 49.2 Å². The van der Waals surface area contributed by atoms with Crippen molar-refractivity contribution in [3.05, 3.63) is 0 Å². The summed E-state index contributed by atoms with van der Waals surface area (Å²) < 4.78 is 5.39. The molecule has 0 aromatic carbocycles. The van der Waals surface area contributed by atoms with E-state index in [0.29, 0.717) is 12.1 Å². The molecule has 0 radical (unpaired) electrons. The summed E-state index contributed by atoms with van der Waals surface area (Å²) in [6, 6.07) is 1.04. The zero-order valence-corrected chi connectivity index (χ0v) is 12.9. The summed E-state index contributed by atoms with van der Waals surface area (Å²) in [6.07, 6.45) is 5.86. The van der Waals surface area contributed by atoms with Crippen LogP contribution in [0.2, 0.25) is 0 Å². The molecule has 0 atom stereocenters. The number of nitrogens with zero attached hydrogens (tertiary/aromatic N) is 1. The summed E-state index contributed by atoms with van der Waals surface area (Å²) in [7, 11) is 1.91. The van der Waals surface area contributed by atoms with Crippen molar-refractivity contribution in [2.75, 3.05) is 20.2 Å². The number of carbonyl (C=O) groups is 1. The van der Waals surface area contributed by atoms with Crippen LogP contribution in [0.5, 0.6) is 0 Å². The van der Waals surface area contributed by atoms with Gasteiger partial charge in [-0.05, 0) is 52.5 Å². The van der Waals surface area contributed by atoms with Gasteiger partial charge in [-0.25, -0.2) is 0 Å². The van der Waals surface area contributed by atoms with E-state index in [4.69, 9.17) is 4.74 Å². The highest BCUT2D eigenvalue weighted by Gasteiger charge is 2.26. The molecule has 0 saturated heterocycles. The average molecular weight is 270 g/mol. The molecule has 1 fully saturated rings. The molecule has 19 heavy (non-hydrogen) atoms. The molecule has 1 N–H and O–H groups in total. The van der Waals surface area contributed by atoms with Gasteiger partial charge in [0.15, 0.2) is 0 Å². The Balaban J connectivity index is 2.27. The average Bonchev–Trinajstić information content (AvgIpc) is 2.42. The molecule has 1 saturated carbocycles. The van der Waals surface area contributed by atoms with Crippen LogP contribution in [0, 0.1) is 0 Å². The lowest BCUT2D eigenvalue weighted by Crippen LogP contribution is -2.44. The molecule has 4 nitrogen and oxygen atoms in total. The third kappa shape index (κ3) is 5.91. The summed E-state index contributed by atoms with van der Waals surface area (Å²) >= 11 is 0. The van der Waals surface area contributed by atoms with Crippen LogP contribution in [0.1, 0.15) is 52.9 Å². The van der Waals surface area contributed by atoms with Gasteiger partial charge in [-0.3, -0.25) is 4.79 Å². The van der Waals surface area contributed by atoms with Gasteiger partial charge in [0.25, 0.3) is 0 Å². The molecule has 1 aliphatic rings. The van der Waals surface area contributed by atoms with Crippen molar-refractivity contribution in [3.8, 4) is 0 Å². The number of amides is 1. The fourth-order valence-corrected chi connectivity index (χ4v) is 2.56. The third-order valence-electron chi connectivity index (χ3n) is 3.86. The van der Waals surface area contributed by atoms with E-state index in [1.165, 1.54) is 19.3 Å². The van der Waals surface area contributed by atoms with Crippen LogP contribution in [0.4, 0.5) is 0 Å². The Labute approximate surface area is 117 Å². The summed E-state index contributed by atoms with van der Waals surface area (Å²) in [5.74, 6) is 0.110. The van der Waals surface area contributed by atoms with Crippen molar-refractivity contribution in [1.82, 2.24) is 10.2 Å². The lowest BCUT2D eigenvalue weighted by Gasteiger charge is -2.35. The van der Waals surface area contributed by atoms with E-state index in [0.717, 1.165) is 19.4 Å². The van der Waals surface area contributed by atoms with E-state index >= 15 is 0 Å². The van der Waals surface area contributed by atoms with Gasteiger partial charge in [0.05, 0.1) is 6.10 Å². The van der Waals surface area contributed by atoms with E-state index in [9.17, 15) is 4.79 Å². The third-order valence-corrected chi connectivity index (χ3v) is 3.86. The minimum absolute atomic E-state index is 0.110. The predicted molar refractivity (Wildman–Crippen MR) is 78.2 cm³/mol. The Hall–Kier alpha value is -0.610. The van der Waals surface area contributed by atoms with Crippen molar-refractivity contribution in [2.24, 2.45) is 0 Å². The number of nitrogens with one attached hydrogen (secondary N) is 1. The summed E-state index contributed by atoms with van der Waals surface area (Å²) in [5.41, 5.74) is 0. The second kappa shape index (κ2) is 8.54. The first-order chi connectivity index (χ1) is 9.04. The second-order valence-corrected chi connectivity index (χ2v) is 5.82. The van der Waals surface area contributed by atoms with Crippen molar-refractivity contribution >= 4 is 5.91 Å². The van der Waals surface area contributed by atoms with E-state index in [2.05, 4.69) is 12.2 Å². The predicted octanol–water partition coefficient (Wildman–Crippen LogP) is 2.18. The van der Waals surface area contributed by atoms with Crippen LogP contribution in [0.3, 0.4) is 0 Å². The van der Waals surface area contributed by atoms with Gasteiger partial charge in [-0.1, -0.05) is 6.92 Å². The molecule has 0 aromatic heterocycles. The fourth-order valence-electron chi connectivity index (χ4n) is 2.56. The first-order valence-corrected chi connectivity index (χ1v) is 7.65. The van der Waals surface area contributed by atoms with Crippen LogP contribution in [0.15, 0.2) is 0 Å². The Bertz CT molecular complexity index is 261. The highest BCUT2D eigenvalue weighted by atomic mass is 16.5. The van der Waals surface area contributed by atoms with Gasteiger partial charge in [0.1, 0.15) is 6.61 Å². The number of hydrogen-bond acceptors (Lipinski definition) is 3. The molecule has 0 bridgehead atoms. The Kier molecular flexibility index (Phi) is 7.39. The van der Waals surface area contributed by atoms with Gasteiger partial charge in [-0.2, -0.15) is 0 Å². The number of carbonyl (C=O) groups excluding carboxylic acids is 1. The van der Waals surface area contributed by atoms with Crippen molar-refractivity contribution in [2.45, 2.75) is 71.1 Å². The van der Waals surface area contributed by atoms with Gasteiger partial charge < -0.3 is 15.0 Å². The molecule has 0 aliphatic heterocycles. The number of likely N-dealkylation sites (N-methyl/N-ethyl adjacent to an activating group) is 1. The minimum atomic E-state index is 0.110. The minimum Gasteiger partial charge on any atom is -0.369 e. The van der Waals surface area contributed by atoms with E-state index < -0.39 is 0 Å². The monoisotopic (exact) mass is 270 g/mol. The maximum absolute atomic E-state index is 12.0. The first-order valence-electron chi connectivity index (χ1n) is 7.65. The van der Waals surface area contributed by atoms with Crippen molar-refractivity contribution < 1.29 is 9.53 Å². The second-order valence-electron chi connectivity index (χ2n) is 5.82. The Morgan fingerprint density at radius 3 is 2.47 bits per heavy atom. The molecular weight excluding hydrogens is 240 g/mol. The standard InChI is InChI=1S/C15H30N2O2/c1-5-10-16-13-6-8-14(9-7-13)17(4)15(18)11-19-12(2)3/h12-14,16H,5-11H2,1-4H3. The van der Waals surface area contributed by atoms with Crippen molar-refractivity contribution in [3.63, 3.8) is 0 Å². The summed E-state index contributed by atoms with van der Waals surface area (Å²) in [5, 5.41) is 3.57.